The van der Waals surface area contributed by atoms with Gasteiger partial charge in [0.15, 0.2) is 0 Å². The molecule has 1 amide bonds. The first-order valence-electron chi connectivity index (χ1n) is 12.8. The Morgan fingerprint density at radius 3 is 2.37 bits per heavy atom. The fraction of sp³-hybridized carbons (Fsp3) is 0.483. The molecule has 2 fully saturated rings. The van der Waals surface area contributed by atoms with Gasteiger partial charge in [0.1, 0.15) is 5.75 Å². The third kappa shape index (κ3) is 6.11. The van der Waals surface area contributed by atoms with Crippen LogP contribution in [-0.2, 0) is 4.79 Å². The van der Waals surface area contributed by atoms with Crippen molar-refractivity contribution >= 4 is 28.6 Å². The first kappa shape index (κ1) is 26.5. The van der Waals surface area contributed by atoms with Crippen LogP contribution in [0.2, 0.25) is 0 Å². The summed E-state index contributed by atoms with van der Waals surface area (Å²) >= 11 is 0. The van der Waals surface area contributed by atoms with Crippen molar-refractivity contribution in [3.05, 3.63) is 54.4 Å². The number of carbonyl (C=O) groups is 1. The van der Waals surface area contributed by atoms with E-state index in [-0.39, 0.29) is 0 Å². The number of hydrogen-bond acceptors (Lipinski definition) is 4. The van der Waals surface area contributed by atoms with E-state index in [2.05, 4.69) is 78.0 Å². The van der Waals surface area contributed by atoms with Gasteiger partial charge >= 0.3 is 0 Å². The molecule has 4 rings (SSSR count). The molecule has 1 heterocycles. The molecule has 0 radical (unpaired) electrons. The molecule has 2 N–H and O–H groups in total. The lowest BCUT2D eigenvalue weighted by Crippen LogP contribution is -2.33. The first-order chi connectivity index (χ1) is 16.9. The van der Waals surface area contributed by atoms with Gasteiger partial charge in [-0.25, -0.2) is 0 Å². The van der Waals surface area contributed by atoms with E-state index in [9.17, 15) is 4.79 Å². The molecule has 0 bridgehead atoms. The highest BCUT2D eigenvalue weighted by atomic mass is 16.5. The maximum absolute atomic E-state index is 9.70. The SMILES string of the molecule is C=C(/C=C\C(=C/C)c1c(N(C)C)c2ccc(OCC)cc2n1C1CCC1)NC.O=CNC1CCC1. The average Bonchev–Trinajstić information content (AvgIpc) is 3.10. The molecule has 190 valence electrons. The van der Waals surface area contributed by atoms with E-state index >= 15 is 0 Å². The minimum Gasteiger partial charge on any atom is -0.494 e. The summed E-state index contributed by atoms with van der Waals surface area (Å²) in [7, 11) is 6.15. The van der Waals surface area contributed by atoms with Crippen LogP contribution >= 0.6 is 0 Å². The van der Waals surface area contributed by atoms with Gasteiger partial charge in [0, 0.05) is 50.4 Å². The maximum atomic E-state index is 9.70. The number of aromatic nitrogens is 1. The minimum atomic E-state index is 0.512. The first-order valence-corrected chi connectivity index (χ1v) is 12.8. The highest BCUT2D eigenvalue weighted by molar-refractivity contribution is 6.02. The van der Waals surface area contributed by atoms with Crippen LogP contribution in [0.25, 0.3) is 16.5 Å². The van der Waals surface area contributed by atoms with Crippen LogP contribution in [-0.4, -0.2) is 44.8 Å². The number of rotatable bonds is 10. The monoisotopic (exact) mass is 478 g/mol. The van der Waals surface area contributed by atoms with Crippen molar-refractivity contribution in [1.29, 1.82) is 0 Å². The Kier molecular flexibility index (Phi) is 9.47. The zero-order valence-corrected chi connectivity index (χ0v) is 22.1. The Hall–Kier alpha value is -3.15. The van der Waals surface area contributed by atoms with Gasteiger partial charge in [0.2, 0.25) is 6.41 Å². The summed E-state index contributed by atoms with van der Waals surface area (Å²) in [5.41, 5.74) is 5.91. The molecule has 6 heteroatoms. The molecule has 35 heavy (non-hydrogen) atoms. The van der Waals surface area contributed by atoms with E-state index in [1.807, 2.05) is 20.0 Å². The molecule has 0 saturated heterocycles. The number of hydrogen-bond donors (Lipinski definition) is 2. The molecular formula is C29H42N4O2. The lowest BCUT2D eigenvalue weighted by Gasteiger charge is -2.31. The standard InChI is InChI=1S/C24H33N3O.C5H9NO/c1-7-18(13-12-17(3)25-4)23-24(26(5)6)21-15-14-20(28-8-2)16-22(21)27(23)19-10-9-11-19;7-4-6-5-2-1-3-5/h7,12-16,19,25H,3,8-11H2,1-2,4-6H3;4-5H,1-3H2,(H,6,7)/b13-12-,18-7+;. The second-order valence-electron chi connectivity index (χ2n) is 9.42. The Morgan fingerprint density at radius 2 is 1.91 bits per heavy atom. The summed E-state index contributed by atoms with van der Waals surface area (Å²) in [6.07, 6.45) is 14.6. The number of likely N-dealkylation sites (N-methyl/N-ethyl adjacent to an activating group) is 1. The molecule has 2 aliphatic rings. The molecule has 1 aromatic carbocycles. The Morgan fingerprint density at radius 1 is 1.20 bits per heavy atom. The number of ether oxygens (including phenoxy) is 1. The van der Waals surface area contributed by atoms with Crippen molar-refractivity contribution in [2.75, 3.05) is 32.6 Å². The number of anilines is 1. The molecule has 0 unspecified atom stereocenters. The predicted octanol–water partition coefficient (Wildman–Crippen LogP) is 5.81. The summed E-state index contributed by atoms with van der Waals surface area (Å²) in [6, 6.07) is 7.55. The van der Waals surface area contributed by atoms with Crippen molar-refractivity contribution in [2.45, 2.75) is 64.5 Å². The molecule has 0 atom stereocenters. The van der Waals surface area contributed by atoms with Crippen molar-refractivity contribution in [2.24, 2.45) is 0 Å². The Bertz CT molecular complexity index is 1070. The third-order valence-corrected chi connectivity index (χ3v) is 6.93. The largest absolute Gasteiger partial charge is 0.494 e. The van der Waals surface area contributed by atoms with Crippen molar-refractivity contribution in [1.82, 2.24) is 15.2 Å². The van der Waals surface area contributed by atoms with Gasteiger partial charge in [-0.15, -0.1) is 0 Å². The summed E-state index contributed by atoms with van der Waals surface area (Å²) in [5, 5.41) is 7.07. The Labute approximate surface area is 210 Å². The molecule has 6 nitrogen and oxygen atoms in total. The fourth-order valence-corrected chi connectivity index (χ4v) is 4.54. The predicted molar refractivity (Wildman–Crippen MR) is 148 cm³/mol. The van der Waals surface area contributed by atoms with E-state index in [1.165, 1.54) is 66.4 Å². The van der Waals surface area contributed by atoms with Gasteiger partial charge in [0.05, 0.1) is 23.5 Å². The number of nitrogens with one attached hydrogen (secondary N) is 2. The van der Waals surface area contributed by atoms with Gasteiger partial charge in [-0.1, -0.05) is 18.7 Å². The van der Waals surface area contributed by atoms with E-state index < -0.39 is 0 Å². The smallest absolute Gasteiger partial charge is 0.207 e. The molecule has 2 aliphatic carbocycles. The molecule has 0 aliphatic heterocycles. The molecular weight excluding hydrogens is 436 g/mol. The summed E-state index contributed by atoms with van der Waals surface area (Å²) in [5.74, 6) is 0.936. The average molecular weight is 479 g/mol. The second-order valence-corrected chi connectivity index (χ2v) is 9.42. The lowest BCUT2D eigenvalue weighted by molar-refractivity contribution is -0.110. The molecule has 2 saturated carbocycles. The maximum Gasteiger partial charge on any atom is 0.207 e. The molecule has 0 spiro atoms. The number of benzene rings is 1. The minimum absolute atomic E-state index is 0.512. The quantitative estimate of drug-likeness (QED) is 0.334. The second kappa shape index (κ2) is 12.5. The van der Waals surface area contributed by atoms with Gasteiger partial charge in [-0.05, 0) is 76.2 Å². The van der Waals surface area contributed by atoms with Crippen molar-refractivity contribution in [3.63, 3.8) is 0 Å². The van der Waals surface area contributed by atoms with Crippen molar-refractivity contribution in [3.8, 4) is 5.75 Å². The summed E-state index contributed by atoms with van der Waals surface area (Å²) in [6.45, 7) is 8.85. The van der Waals surface area contributed by atoms with Crippen LogP contribution in [0, 0.1) is 0 Å². The Balaban J connectivity index is 0.000000420. The lowest BCUT2D eigenvalue weighted by atomic mass is 9.92. The normalized spacial score (nSPS) is 16.2. The zero-order valence-electron chi connectivity index (χ0n) is 22.1. The molecule has 2 aromatic rings. The number of allylic oxidation sites excluding steroid dienone is 4. The van der Waals surface area contributed by atoms with E-state index in [4.69, 9.17) is 4.74 Å². The topological polar surface area (TPSA) is 58.5 Å². The van der Waals surface area contributed by atoms with E-state index in [1.54, 1.807) is 0 Å². The van der Waals surface area contributed by atoms with Gasteiger partial charge in [0.25, 0.3) is 0 Å². The molecule has 1 aromatic heterocycles. The van der Waals surface area contributed by atoms with Gasteiger partial charge < -0.3 is 24.8 Å². The summed E-state index contributed by atoms with van der Waals surface area (Å²) < 4.78 is 8.36. The van der Waals surface area contributed by atoms with E-state index in [0.29, 0.717) is 18.7 Å². The number of nitrogens with zero attached hydrogens (tertiary/aromatic N) is 2. The van der Waals surface area contributed by atoms with Crippen LogP contribution in [0.15, 0.2) is 48.7 Å². The van der Waals surface area contributed by atoms with Crippen LogP contribution in [0.1, 0.15) is 64.1 Å². The highest BCUT2D eigenvalue weighted by Crippen LogP contribution is 2.45. The summed E-state index contributed by atoms with van der Waals surface area (Å²) in [4.78, 5) is 11.9. The number of fused-ring (bicyclic) bond motifs is 1. The zero-order chi connectivity index (χ0) is 25.4. The fourth-order valence-electron chi connectivity index (χ4n) is 4.54. The third-order valence-electron chi connectivity index (χ3n) is 6.93. The van der Waals surface area contributed by atoms with Crippen LogP contribution in [0.4, 0.5) is 5.69 Å². The van der Waals surface area contributed by atoms with E-state index in [0.717, 1.165) is 17.9 Å². The number of carbonyl (C=O) groups excluding carboxylic acids is 1. The van der Waals surface area contributed by atoms with Crippen LogP contribution in [0.3, 0.4) is 0 Å². The van der Waals surface area contributed by atoms with Gasteiger partial charge in [-0.3, -0.25) is 4.79 Å². The van der Waals surface area contributed by atoms with Crippen LogP contribution < -0.4 is 20.3 Å². The van der Waals surface area contributed by atoms with Gasteiger partial charge in [-0.2, -0.15) is 0 Å². The highest BCUT2D eigenvalue weighted by Gasteiger charge is 2.28. The van der Waals surface area contributed by atoms with Crippen molar-refractivity contribution < 1.29 is 9.53 Å². The number of amides is 1. The van der Waals surface area contributed by atoms with Crippen LogP contribution in [0.5, 0.6) is 5.75 Å².